The Bertz CT molecular complexity index is 760. The average molecular weight is 386 g/mol. The zero-order valence-electron chi connectivity index (χ0n) is 17.2. The number of benzene rings is 2. The Morgan fingerprint density at radius 1 is 1.04 bits per heavy atom. The van der Waals surface area contributed by atoms with Crippen molar-refractivity contribution in [3.05, 3.63) is 59.2 Å². The first-order valence-electron chi connectivity index (χ1n) is 9.55. The van der Waals surface area contributed by atoms with Crippen molar-refractivity contribution in [2.75, 3.05) is 33.9 Å². The summed E-state index contributed by atoms with van der Waals surface area (Å²) in [5.41, 5.74) is 3.18. The van der Waals surface area contributed by atoms with Gasteiger partial charge >= 0.3 is 0 Å². The first-order valence-corrected chi connectivity index (χ1v) is 9.55. The quantitative estimate of drug-likeness (QED) is 0.457. The Labute approximate surface area is 167 Å². The van der Waals surface area contributed by atoms with Crippen LogP contribution in [0.1, 0.15) is 29.7 Å². The Morgan fingerprint density at radius 2 is 1.75 bits per heavy atom. The summed E-state index contributed by atoms with van der Waals surface area (Å²) in [6.45, 7) is 5.81. The number of nitrogens with one attached hydrogen (secondary N) is 2. The molecule has 2 aromatic rings. The van der Waals surface area contributed by atoms with Crippen LogP contribution in [0.5, 0.6) is 11.5 Å². The van der Waals surface area contributed by atoms with Crippen LogP contribution >= 0.6 is 0 Å². The minimum absolute atomic E-state index is 0.300. The molecule has 0 aliphatic rings. The van der Waals surface area contributed by atoms with Gasteiger partial charge in [0, 0.05) is 13.1 Å². The molecule has 2 aromatic carbocycles. The lowest BCUT2D eigenvalue weighted by atomic mass is 10.1. The van der Waals surface area contributed by atoms with Crippen molar-refractivity contribution in [2.45, 2.75) is 26.4 Å². The van der Waals surface area contributed by atoms with Crippen LogP contribution in [0.2, 0.25) is 0 Å². The zero-order valence-corrected chi connectivity index (χ0v) is 17.2. The SMILES string of the molecule is CCNC(=NCC(O)c1ccc(C)cc1)NCCc1ccc(OC)c(OC)c1. The summed E-state index contributed by atoms with van der Waals surface area (Å²) in [6, 6.07) is 13.8. The van der Waals surface area contributed by atoms with E-state index in [1.807, 2.05) is 56.3 Å². The van der Waals surface area contributed by atoms with E-state index >= 15 is 0 Å². The molecule has 0 fully saturated rings. The smallest absolute Gasteiger partial charge is 0.191 e. The number of aryl methyl sites for hydroxylation is 1. The van der Waals surface area contributed by atoms with Crippen molar-refractivity contribution in [3.8, 4) is 11.5 Å². The van der Waals surface area contributed by atoms with E-state index in [0.717, 1.165) is 35.6 Å². The largest absolute Gasteiger partial charge is 0.493 e. The molecule has 6 nitrogen and oxygen atoms in total. The van der Waals surface area contributed by atoms with E-state index in [1.165, 1.54) is 5.56 Å². The van der Waals surface area contributed by atoms with E-state index in [1.54, 1.807) is 14.2 Å². The number of hydrogen-bond acceptors (Lipinski definition) is 4. The monoisotopic (exact) mass is 385 g/mol. The van der Waals surface area contributed by atoms with Crippen molar-refractivity contribution >= 4 is 5.96 Å². The number of aliphatic hydroxyl groups is 1. The highest BCUT2D eigenvalue weighted by molar-refractivity contribution is 5.79. The second kappa shape index (κ2) is 11.2. The Hall–Kier alpha value is -2.73. The van der Waals surface area contributed by atoms with Gasteiger partial charge in [-0.1, -0.05) is 35.9 Å². The number of methoxy groups -OCH3 is 2. The van der Waals surface area contributed by atoms with Crippen LogP contribution in [0.25, 0.3) is 0 Å². The molecule has 0 bridgehead atoms. The van der Waals surface area contributed by atoms with Gasteiger partial charge in [-0.3, -0.25) is 4.99 Å². The summed E-state index contributed by atoms with van der Waals surface area (Å²) < 4.78 is 10.6. The molecule has 0 saturated carbocycles. The van der Waals surface area contributed by atoms with Gasteiger partial charge in [0.15, 0.2) is 17.5 Å². The van der Waals surface area contributed by atoms with Gasteiger partial charge in [0.1, 0.15) is 0 Å². The fourth-order valence-electron chi connectivity index (χ4n) is 2.77. The third kappa shape index (κ3) is 6.46. The maximum Gasteiger partial charge on any atom is 0.191 e. The molecular formula is C22H31N3O3. The van der Waals surface area contributed by atoms with E-state index in [0.29, 0.717) is 19.0 Å². The predicted molar refractivity (Wildman–Crippen MR) is 113 cm³/mol. The molecule has 0 saturated heterocycles. The number of aliphatic imine (C=N–C) groups is 1. The summed E-state index contributed by atoms with van der Waals surface area (Å²) in [5, 5.41) is 16.9. The fourth-order valence-corrected chi connectivity index (χ4v) is 2.77. The number of guanidine groups is 1. The number of rotatable bonds is 9. The molecule has 0 heterocycles. The van der Waals surface area contributed by atoms with Gasteiger partial charge in [-0.2, -0.15) is 0 Å². The van der Waals surface area contributed by atoms with E-state index in [4.69, 9.17) is 9.47 Å². The molecule has 0 spiro atoms. The lowest BCUT2D eigenvalue weighted by Crippen LogP contribution is -2.38. The van der Waals surface area contributed by atoms with Gasteiger partial charge in [-0.15, -0.1) is 0 Å². The van der Waals surface area contributed by atoms with E-state index in [9.17, 15) is 5.11 Å². The number of nitrogens with zero attached hydrogens (tertiary/aromatic N) is 1. The summed E-state index contributed by atoms with van der Waals surface area (Å²) in [6.07, 6.45) is 0.188. The molecule has 0 aliphatic carbocycles. The normalized spacial score (nSPS) is 12.4. The molecule has 6 heteroatoms. The van der Waals surface area contributed by atoms with Crippen LogP contribution in [-0.4, -0.2) is 44.9 Å². The minimum Gasteiger partial charge on any atom is -0.493 e. The molecule has 0 amide bonds. The maximum atomic E-state index is 10.4. The number of aliphatic hydroxyl groups excluding tert-OH is 1. The lowest BCUT2D eigenvalue weighted by molar-refractivity contribution is 0.187. The summed E-state index contributed by atoms with van der Waals surface area (Å²) in [7, 11) is 3.26. The second-order valence-electron chi connectivity index (χ2n) is 6.51. The van der Waals surface area contributed by atoms with Crippen LogP contribution < -0.4 is 20.1 Å². The Kier molecular flexibility index (Phi) is 8.62. The van der Waals surface area contributed by atoms with Crippen molar-refractivity contribution in [2.24, 2.45) is 4.99 Å². The topological polar surface area (TPSA) is 75.1 Å². The van der Waals surface area contributed by atoms with Crippen LogP contribution in [0, 0.1) is 6.92 Å². The van der Waals surface area contributed by atoms with Gasteiger partial charge < -0.3 is 25.2 Å². The van der Waals surface area contributed by atoms with E-state index in [2.05, 4.69) is 15.6 Å². The Balaban J connectivity index is 1.91. The van der Waals surface area contributed by atoms with Gasteiger partial charge in [-0.05, 0) is 43.5 Å². The lowest BCUT2D eigenvalue weighted by Gasteiger charge is -2.14. The average Bonchev–Trinajstić information content (AvgIpc) is 2.72. The third-order valence-electron chi connectivity index (χ3n) is 4.38. The molecule has 0 aromatic heterocycles. The van der Waals surface area contributed by atoms with Gasteiger partial charge in [0.05, 0.1) is 26.9 Å². The molecule has 3 N–H and O–H groups in total. The van der Waals surface area contributed by atoms with Crippen LogP contribution in [-0.2, 0) is 6.42 Å². The van der Waals surface area contributed by atoms with Gasteiger partial charge in [0.25, 0.3) is 0 Å². The number of ether oxygens (including phenoxy) is 2. The van der Waals surface area contributed by atoms with Crippen LogP contribution in [0.4, 0.5) is 0 Å². The molecule has 2 rings (SSSR count). The minimum atomic E-state index is -0.623. The standard InChI is InChI=1S/C22H31N3O3/c1-5-23-22(25-15-19(26)18-9-6-16(2)7-10-18)24-13-12-17-8-11-20(27-3)21(14-17)28-4/h6-11,14,19,26H,5,12-13,15H2,1-4H3,(H2,23,24,25). The highest BCUT2D eigenvalue weighted by atomic mass is 16.5. The van der Waals surface area contributed by atoms with Crippen molar-refractivity contribution < 1.29 is 14.6 Å². The first kappa shape index (κ1) is 21.6. The van der Waals surface area contributed by atoms with Crippen molar-refractivity contribution in [3.63, 3.8) is 0 Å². The van der Waals surface area contributed by atoms with Gasteiger partial charge in [0.2, 0.25) is 0 Å². The summed E-state index contributed by atoms with van der Waals surface area (Å²) in [4.78, 5) is 4.50. The molecule has 152 valence electrons. The molecule has 1 unspecified atom stereocenters. The fraction of sp³-hybridized carbons (Fsp3) is 0.409. The number of hydrogen-bond donors (Lipinski definition) is 3. The highest BCUT2D eigenvalue weighted by Crippen LogP contribution is 2.27. The van der Waals surface area contributed by atoms with Crippen molar-refractivity contribution in [1.29, 1.82) is 0 Å². The summed E-state index contributed by atoms with van der Waals surface area (Å²) >= 11 is 0. The molecule has 0 radical (unpaired) electrons. The van der Waals surface area contributed by atoms with Crippen LogP contribution in [0.15, 0.2) is 47.5 Å². The predicted octanol–water partition coefficient (Wildman–Crippen LogP) is 2.84. The molecule has 28 heavy (non-hydrogen) atoms. The van der Waals surface area contributed by atoms with Crippen molar-refractivity contribution in [1.82, 2.24) is 10.6 Å². The van der Waals surface area contributed by atoms with Crippen LogP contribution in [0.3, 0.4) is 0 Å². The highest BCUT2D eigenvalue weighted by Gasteiger charge is 2.08. The van der Waals surface area contributed by atoms with Gasteiger partial charge in [-0.25, -0.2) is 0 Å². The van der Waals surface area contributed by atoms with E-state index < -0.39 is 6.10 Å². The molecule has 0 aliphatic heterocycles. The van der Waals surface area contributed by atoms with E-state index in [-0.39, 0.29) is 0 Å². The maximum absolute atomic E-state index is 10.4. The summed E-state index contributed by atoms with van der Waals surface area (Å²) in [5.74, 6) is 2.13. The third-order valence-corrected chi connectivity index (χ3v) is 4.38. The zero-order chi connectivity index (χ0) is 20.4. The molecular weight excluding hydrogens is 354 g/mol. The molecule has 1 atom stereocenters. The second-order valence-corrected chi connectivity index (χ2v) is 6.51. The first-order chi connectivity index (χ1) is 13.6. The Morgan fingerprint density at radius 3 is 2.39 bits per heavy atom.